The van der Waals surface area contributed by atoms with Gasteiger partial charge in [0.05, 0.1) is 12.7 Å². The molecule has 0 saturated carbocycles. The Morgan fingerprint density at radius 3 is 2.79 bits per heavy atom. The van der Waals surface area contributed by atoms with Gasteiger partial charge in [0.25, 0.3) is 5.56 Å². The van der Waals surface area contributed by atoms with Crippen LogP contribution in [0.25, 0.3) is 0 Å². The minimum absolute atomic E-state index is 0.186. The lowest BCUT2D eigenvalue weighted by atomic mass is 10.2. The van der Waals surface area contributed by atoms with Crippen molar-refractivity contribution >= 4 is 5.69 Å². The molecule has 2 aromatic rings. The van der Waals surface area contributed by atoms with Crippen LogP contribution in [-0.4, -0.2) is 9.78 Å². The number of hydrogen-bond acceptors (Lipinski definition) is 5. The molecule has 6 nitrogen and oxygen atoms in total. The van der Waals surface area contributed by atoms with Gasteiger partial charge in [-0.15, -0.1) is 0 Å². The summed E-state index contributed by atoms with van der Waals surface area (Å²) in [5.74, 6) is 0. The molecule has 19 heavy (non-hydrogen) atoms. The van der Waals surface area contributed by atoms with E-state index in [0.29, 0.717) is 12.2 Å². The van der Waals surface area contributed by atoms with Gasteiger partial charge >= 0.3 is 0 Å². The smallest absolute Gasteiger partial charge is 0.292 e. The highest BCUT2D eigenvalue weighted by Gasteiger charge is 2.13. The first-order chi connectivity index (χ1) is 9.34. The van der Waals surface area contributed by atoms with Crippen molar-refractivity contribution in [2.75, 3.05) is 5.01 Å². The Morgan fingerprint density at radius 1 is 1.21 bits per heavy atom. The predicted molar refractivity (Wildman–Crippen MR) is 69.9 cm³/mol. The summed E-state index contributed by atoms with van der Waals surface area (Å²) in [6, 6.07) is 11.4. The van der Waals surface area contributed by atoms with E-state index in [1.165, 1.54) is 16.0 Å². The standard InChI is InChI=1S/C13H12N4O2/c18-13-12(16-8-9-19-15-16)6-7-14-17(13)10-11-4-2-1-3-5-11/h1-9,15H,10H2. The zero-order valence-corrected chi connectivity index (χ0v) is 10.1. The first kappa shape index (κ1) is 11.5. The summed E-state index contributed by atoms with van der Waals surface area (Å²) < 4.78 is 1.42. The Balaban J connectivity index is 1.92. The summed E-state index contributed by atoms with van der Waals surface area (Å²) in [6.07, 6.45) is 4.68. The third-order valence-electron chi connectivity index (χ3n) is 2.76. The second kappa shape index (κ2) is 4.95. The van der Waals surface area contributed by atoms with Gasteiger partial charge in [-0.25, -0.2) is 9.69 Å². The fraction of sp³-hybridized carbons (Fsp3) is 0.0769. The molecule has 1 aliphatic heterocycles. The van der Waals surface area contributed by atoms with Gasteiger partial charge in [0.1, 0.15) is 11.9 Å². The molecule has 1 aromatic heterocycles. The van der Waals surface area contributed by atoms with Gasteiger partial charge in [0, 0.05) is 6.20 Å². The molecule has 96 valence electrons. The van der Waals surface area contributed by atoms with E-state index >= 15 is 0 Å². The molecule has 0 aliphatic carbocycles. The van der Waals surface area contributed by atoms with E-state index in [2.05, 4.69) is 10.7 Å². The highest BCUT2D eigenvalue weighted by atomic mass is 16.7. The van der Waals surface area contributed by atoms with E-state index in [9.17, 15) is 4.79 Å². The van der Waals surface area contributed by atoms with Gasteiger partial charge in [-0.1, -0.05) is 35.9 Å². The van der Waals surface area contributed by atoms with Crippen LogP contribution in [0.15, 0.2) is 59.9 Å². The van der Waals surface area contributed by atoms with Crippen molar-refractivity contribution in [3.8, 4) is 0 Å². The maximum atomic E-state index is 12.3. The number of nitrogens with one attached hydrogen (secondary N) is 1. The summed E-state index contributed by atoms with van der Waals surface area (Å²) in [4.78, 5) is 17.1. The Bertz CT molecular complexity index is 651. The maximum Gasteiger partial charge on any atom is 0.292 e. The van der Waals surface area contributed by atoms with Crippen molar-refractivity contribution < 1.29 is 4.84 Å². The summed E-state index contributed by atoms with van der Waals surface area (Å²) in [6.45, 7) is 0.436. The highest BCUT2D eigenvalue weighted by molar-refractivity contribution is 5.45. The summed E-state index contributed by atoms with van der Waals surface area (Å²) >= 11 is 0. The number of hydrogen-bond donors (Lipinski definition) is 1. The van der Waals surface area contributed by atoms with Gasteiger partial charge in [-0.2, -0.15) is 5.10 Å². The molecule has 0 radical (unpaired) electrons. The Morgan fingerprint density at radius 2 is 2.05 bits per heavy atom. The fourth-order valence-electron chi connectivity index (χ4n) is 1.83. The van der Waals surface area contributed by atoms with Crippen LogP contribution < -0.4 is 16.2 Å². The first-order valence-electron chi connectivity index (χ1n) is 5.82. The SMILES string of the molecule is O=c1c(N2C=CON2)ccnn1Cc1ccccc1. The van der Waals surface area contributed by atoms with Crippen LogP contribution in [0.1, 0.15) is 5.56 Å². The molecule has 0 saturated heterocycles. The second-order valence-corrected chi connectivity index (χ2v) is 4.03. The van der Waals surface area contributed by atoms with E-state index in [1.54, 1.807) is 18.5 Å². The van der Waals surface area contributed by atoms with Gasteiger partial charge in [-0.05, 0) is 11.6 Å². The van der Waals surface area contributed by atoms with Crippen LogP contribution in [-0.2, 0) is 11.4 Å². The van der Waals surface area contributed by atoms with Gasteiger partial charge < -0.3 is 4.84 Å². The maximum absolute atomic E-state index is 12.3. The zero-order chi connectivity index (χ0) is 13.1. The number of hydrazine groups is 1. The number of anilines is 1. The molecular formula is C13H12N4O2. The van der Waals surface area contributed by atoms with Crippen LogP contribution >= 0.6 is 0 Å². The second-order valence-electron chi connectivity index (χ2n) is 4.03. The van der Waals surface area contributed by atoms with Crippen LogP contribution in [0.5, 0.6) is 0 Å². The summed E-state index contributed by atoms with van der Waals surface area (Å²) in [5.41, 5.74) is 3.88. The molecule has 1 N–H and O–H groups in total. The van der Waals surface area contributed by atoms with E-state index in [4.69, 9.17) is 4.84 Å². The lowest BCUT2D eigenvalue weighted by Crippen LogP contribution is -2.35. The normalized spacial score (nSPS) is 13.6. The van der Waals surface area contributed by atoms with Crippen molar-refractivity contribution in [2.24, 2.45) is 0 Å². The van der Waals surface area contributed by atoms with Crippen LogP contribution in [0.2, 0.25) is 0 Å². The summed E-state index contributed by atoms with van der Waals surface area (Å²) in [5, 5.41) is 5.60. The molecule has 0 fully saturated rings. The van der Waals surface area contributed by atoms with E-state index in [-0.39, 0.29) is 5.56 Å². The monoisotopic (exact) mass is 256 g/mol. The fourth-order valence-corrected chi connectivity index (χ4v) is 1.83. The minimum Gasteiger partial charge on any atom is -0.395 e. The Hall–Kier alpha value is -2.60. The average molecular weight is 256 g/mol. The van der Waals surface area contributed by atoms with Gasteiger partial charge in [0.15, 0.2) is 0 Å². The molecule has 0 amide bonds. The molecule has 2 heterocycles. The van der Waals surface area contributed by atoms with Crippen molar-refractivity contribution in [2.45, 2.75) is 6.54 Å². The number of benzene rings is 1. The van der Waals surface area contributed by atoms with E-state index < -0.39 is 0 Å². The lowest BCUT2D eigenvalue weighted by Gasteiger charge is -2.14. The minimum atomic E-state index is -0.186. The van der Waals surface area contributed by atoms with Crippen molar-refractivity contribution in [3.63, 3.8) is 0 Å². The number of nitrogens with zero attached hydrogens (tertiary/aromatic N) is 3. The number of rotatable bonds is 3. The zero-order valence-electron chi connectivity index (χ0n) is 10.1. The predicted octanol–water partition coefficient (Wildman–Crippen LogP) is 1.02. The van der Waals surface area contributed by atoms with Crippen molar-refractivity contribution in [1.29, 1.82) is 0 Å². The van der Waals surface area contributed by atoms with E-state index in [0.717, 1.165) is 5.56 Å². The van der Waals surface area contributed by atoms with Crippen LogP contribution in [0, 0.1) is 0 Å². The lowest BCUT2D eigenvalue weighted by molar-refractivity contribution is 0.158. The molecule has 0 unspecified atom stereocenters. The Labute approximate surface area is 109 Å². The average Bonchev–Trinajstić information content (AvgIpc) is 2.96. The molecule has 0 bridgehead atoms. The highest BCUT2D eigenvalue weighted by Crippen LogP contribution is 2.08. The van der Waals surface area contributed by atoms with Gasteiger partial charge in [0.2, 0.25) is 0 Å². The van der Waals surface area contributed by atoms with Gasteiger partial charge in [-0.3, -0.25) is 4.79 Å². The van der Waals surface area contributed by atoms with E-state index in [1.807, 2.05) is 30.3 Å². The molecule has 0 atom stereocenters. The molecule has 0 spiro atoms. The molecule has 6 heteroatoms. The largest absolute Gasteiger partial charge is 0.395 e. The van der Waals surface area contributed by atoms with Crippen molar-refractivity contribution in [1.82, 2.24) is 15.4 Å². The summed E-state index contributed by atoms with van der Waals surface area (Å²) in [7, 11) is 0. The quantitative estimate of drug-likeness (QED) is 0.888. The molecule has 3 rings (SSSR count). The van der Waals surface area contributed by atoms with Crippen molar-refractivity contribution in [3.05, 3.63) is 71.0 Å². The number of aromatic nitrogens is 2. The molecular weight excluding hydrogens is 244 g/mol. The topological polar surface area (TPSA) is 59.4 Å². The van der Waals surface area contributed by atoms with Crippen LogP contribution in [0.4, 0.5) is 5.69 Å². The third kappa shape index (κ3) is 2.34. The first-order valence-corrected chi connectivity index (χ1v) is 5.82. The van der Waals surface area contributed by atoms with Crippen LogP contribution in [0.3, 0.4) is 0 Å². The third-order valence-corrected chi connectivity index (χ3v) is 2.76. The molecule has 1 aliphatic rings. The molecule has 1 aromatic carbocycles. The Kier molecular flexibility index (Phi) is 2.99.